The molecule has 0 spiro atoms. The summed E-state index contributed by atoms with van der Waals surface area (Å²) >= 11 is 0. The van der Waals surface area contributed by atoms with Gasteiger partial charge in [-0.3, -0.25) is 0 Å². The lowest BCUT2D eigenvalue weighted by Crippen LogP contribution is -2.34. The van der Waals surface area contributed by atoms with Gasteiger partial charge in [-0.05, 0) is 44.2 Å². The molecule has 5 heteroatoms. The molecule has 0 aliphatic carbocycles. The van der Waals surface area contributed by atoms with E-state index in [9.17, 15) is 8.42 Å². The quantitative estimate of drug-likeness (QED) is 0.857. The third-order valence-corrected chi connectivity index (χ3v) is 5.86. The Kier molecular flexibility index (Phi) is 4.83. The normalized spacial score (nSPS) is 17.6. The molecule has 2 rings (SSSR count). The van der Waals surface area contributed by atoms with E-state index in [2.05, 4.69) is 0 Å². The number of benzene rings is 1. The highest BCUT2D eigenvalue weighted by Crippen LogP contribution is 2.23. The lowest BCUT2D eigenvalue weighted by molar-refractivity contribution is 0.0620. The number of hydrogen-bond donors (Lipinski definition) is 0. The molecule has 1 aromatic carbocycles. The molecule has 0 N–H and O–H groups in total. The van der Waals surface area contributed by atoms with Gasteiger partial charge in [0.15, 0.2) is 0 Å². The first-order valence-electron chi connectivity index (χ1n) is 7.02. The Morgan fingerprint density at radius 1 is 1.25 bits per heavy atom. The summed E-state index contributed by atoms with van der Waals surface area (Å²) < 4.78 is 32.1. The molecule has 112 valence electrons. The van der Waals surface area contributed by atoms with E-state index in [0.29, 0.717) is 17.4 Å². The summed E-state index contributed by atoms with van der Waals surface area (Å²) in [6.07, 6.45) is 1.87. The van der Waals surface area contributed by atoms with Crippen LogP contribution in [0.3, 0.4) is 0 Å². The predicted molar refractivity (Wildman–Crippen MR) is 79.3 cm³/mol. The van der Waals surface area contributed by atoms with Crippen molar-refractivity contribution in [2.45, 2.75) is 31.6 Å². The Morgan fingerprint density at radius 3 is 2.50 bits per heavy atom. The number of sulfonamides is 1. The number of nitrogens with zero attached hydrogens (tertiary/aromatic N) is 1. The fourth-order valence-electron chi connectivity index (χ4n) is 2.65. The summed E-state index contributed by atoms with van der Waals surface area (Å²) in [5, 5.41) is 0. The van der Waals surface area contributed by atoms with Crippen molar-refractivity contribution in [3.63, 3.8) is 0 Å². The first-order chi connectivity index (χ1) is 9.41. The molecule has 0 bridgehead atoms. The zero-order chi connectivity index (χ0) is 14.8. The van der Waals surface area contributed by atoms with Crippen molar-refractivity contribution in [1.82, 2.24) is 4.31 Å². The van der Waals surface area contributed by atoms with Crippen molar-refractivity contribution < 1.29 is 13.2 Å². The minimum Gasteiger partial charge on any atom is -0.381 e. The van der Waals surface area contributed by atoms with Gasteiger partial charge in [-0.25, -0.2) is 12.7 Å². The Morgan fingerprint density at radius 2 is 1.90 bits per heavy atom. The summed E-state index contributed by atoms with van der Waals surface area (Å²) in [6, 6.07) is 5.47. The van der Waals surface area contributed by atoms with Crippen LogP contribution in [-0.4, -0.2) is 39.5 Å². The van der Waals surface area contributed by atoms with Crippen LogP contribution in [0.25, 0.3) is 0 Å². The third-order valence-electron chi connectivity index (χ3n) is 3.87. The van der Waals surface area contributed by atoms with E-state index in [4.69, 9.17) is 4.74 Å². The number of ether oxygens (including phenoxy) is 1. The van der Waals surface area contributed by atoms with Crippen molar-refractivity contribution in [2.75, 3.05) is 26.8 Å². The molecule has 0 saturated carbocycles. The van der Waals surface area contributed by atoms with Gasteiger partial charge in [0.25, 0.3) is 0 Å². The Labute approximate surface area is 121 Å². The molecule has 20 heavy (non-hydrogen) atoms. The number of rotatable bonds is 4. The zero-order valence-electron chi connectivity index (χ0n) is 12.4. The Hall–Kier alpha value is -0.910. The minimum absolute atomic E-state index is 0.397. The van der Waals surface area contributed by atoms with Crippen LogP contribution in [0.4, 0.5) is 0 Å². The summed E-state index contributed by atoms with van der Waals surface area (Å²) in [5.74, 6) is 0.397. The second-order valence-corrected chi connectivity index (χ2v) is 7.62. The van der Waals surface area contributed by atoms with Crippen molar-refractivity contribution >= 4 is 10.0 Å². The van der Waals surface area contributed by atoms with Crippen LogP contribution in [0, 0.1) is 19.8 Å². The molecule has 1 heterocycles. The number of hydrogen-bond acceptors (Lipinski definition) is 3. The molecule has 1 aliphatic heterocycles. The molecule has 4 nitrogen and oxygen atoms in total. The second kappa shape index (κ2) is 6.24. The first-order valence-corrected chi connectivity index (χ1v) is 8.46. The van der Waals surface area contributed by atoms with E-state index >= 15 is 0 Å². The lowest BCUT2D eigenvalue weighted by atomic mass is 10.0. The van der Waals surface area contributed by atoms with Gasteiger partial charge in [0, 0.05) is 26.8 Å². The third kappa shape index (κ3) is 3.40. The molecule has 0 atom stereocenters. The fraction of sp³-hybridized carbons (Fsp3) is 0.600. The SMILES string of the molecule is Cc1ccc(S(=O)(=O)N(C)CC2CCOCC2)c(C)c1. The highest BCUT2D eigenvalue weighted by molar-refractivity contribution is 7.89. The molecular weight excluding hydrogens is 274 g/mol. The van der Waals surface area contributed by atoms with Gasteiger partial charge in [0.1, 0.15) is 0 Å². The van der Waals surface area contributed by atoms with E-state index in [1.165, 1.54) is 4.31 Å². The van der Waals surface area contributed by atoms with E-state index in [1.54, 1.807) is 13.1 Å². The average molecular weight is 297 g/mol. The first kappa shape index (κ1) is 15.5. The predicted octanol–water partition coefficient (Wildman–Crippen LogP) is 2.35. The Balaban J connectivity index is 2.16. The van der Waals surface area contributed by atoms with Gasteiger partial charge in [-0.15, -0.1) is 0 Å². The fourth-order valence-corrected chi connectivity index (χ4v) is 4.10. The second-order valence-electron chi connectivity index (χ2n) is 5.61. The summed E-state index contributed by atoms with van der Waals surface area (Å²) in [5.41, 5.74) is 1.89. The van der Waals surface area contributed by atoms with Crippen molar-refractivity contribution in [3.8, 4) is 0 Å². The standard InChI is InChI=1S/C15H23NO3S/c1-12-4-5-15(13(2)10-12)20(17,18)16(3)11-14-6-8-19-9-7-14/h4-5,10,14H,6-9,11H2,1-3H3. The Bertz CT molecular complexity index is 562. The van der Waals surface area contributed by atoms with Crippen LogP contribution in [0.2, 0.25) is 0 Å². The average Bonchev–Trinajstić information content (AvgIpc) is 2.39. The van der Waals surface area contributed by atoms with Crippen LogP contribution in [0.1, 0.15) is 24.0 Å². The van der Waals surface area contributed by atoms with Crippen molar-refractivity contribution in [2.24, 2.45) is 5.92 Å². The van der Waals surface area contributed by atoms with Gasteiger partial charge >= 0.3 is 0 Å². The lowest BCUT2D eigenvalue weighted by Gasteiger charge is -2.27. The van der Waals surface area contributed by atoms with Gasteiger partial charge in [-0.2, -0.15) is 0 Å². The molecule has 0 radical (unpaired) electrons. The van der Waals surface area contributed by atoms with Gasteiger partial charge in [0.2, 0.25) is 10.0 Å². The minimum atomic E-state index is -3.39. The van der Waals surface area contributed by atoms with Gasteiger partial charge < -0.3 is 4.74 Å². The molecule has 1 aromatic rings. The maximum atomic E-state index is 12.6. The van der Waals surface area contributed by atoms with Gasteiger partial charge in [-0.1, -0.05) is 17.7 Å². The monoisotopic (exact) mass is 297 g/mol. The topological polar surface area (TPSA) is 46.6 Å². The van der Waals surface area contributed by atoms with Crippen molar-refractivity contribution in [3.05, 3.63) is 29.3 Å². The molecule has 0 amide bonds. The maximum Gasteiger partial charge on any atom is 0.243 e. The zero-order valence-corrected chi connectivity index (χ0v) is 13.2. The molecule has 0 unspecified atom stereocenters. The van der Waals surface area contributed by atoms with Crippen molar-refractivity contribution in [1.29, 1.82) is 0 Å². The summed E-state index contributed by atoms with van der Waals surface area (Å²) in [4.78, 5) is 0.414. The smallest absolute Gasteiger partial charge is 0.243 e. The largest absolute Gasteiger partial charge is 0.381 e. The number of aryl methyl sites for hydroxylation is 2. The summed E-state index contributed by atoms with van der Waals surface area (Å²) in [7, 11) is -1.72. The van der Waals surface area contributed by atoms with Crippen LogP contribution >= 0.6 is 0 Å². The van der Waals surface area contributed by atoms with Crippen LogP contribution in [0.5, 0.6) is 0 Å². The maximum absolute atomic E-state index is 12.6. The van der Waals surface area contributed by atoms with Gasteiger partial charge in [0.05, 0.1) is 4.90 Å². The molecule has 1 saturated heterocycles. The van der Waals surface area contributed by atoms with E-state index in [0.717, 1.165) is 37.2 Å². The highest BCUT2D eigenvalue weighted by Gasteiger charge is 2.26. The molecular formula is C15H23NO3S. The molecule has 1 fully saturated rings. The molecule has 0 aromatic heterocycles. The van der Waals surface area contributed by atoms with Crippen LogP contribution < -0.4 is 0 Å². The van der Waals surface area contributed by atoms with E-state index in [-0.39, 0.29) is 0 Å². The van der Waals surface area contributed by atoms with E-state index in [1.807, 2.05) is 26.0 Å². The van der Waals surface area contributed by atoms with Crippen LogP contribution in [-0.2, 0) is 14.8 Å². The molecule has 1 aliphatic rings. The summed E-state index contributed by atoms with van der Waals surface area (Å²) in [6.45, 7) is 5.86. The van der Waals surface area contributed by atoms with Crippen LogP contribution in [0.15, 0.2) is 23.1 Å². The van der Waals surface area contributed by atoms with E-state index < -0.39 is 10.0 Å². The highest BCUT2D eigenvalue weighted by atomic mass is 32.2.